The third kappa shape index (κ3) is 2.20. The number of para-hydroxylation sites is 1. The largest absolute Gasteiger partial charge is 0.487 e. The monoisotopic (exact) mass is 218 g/mol. The minimum Gasteiger partial charge on any atom is -0.487 e. The molecule has 0 amide bonds. The predicted octanol–water partition coefficient (Wildman–Crippen LogP) is 0.853. The zero-order valence-electron chi connectivity index (χ0n) is 9.13. The Morgan fingerprint density at radius 2 is 2.06 bits per heavy atom. The average Bonchev–Trinajstić information content (AvgIpc) is 2.69. The van der Waals surface area contributed by atoms with Crippen molar-refractivity contribution in [2.24, 2.45) is 12.8 Å². The number of hydrogen-bond donors (Lipinski definition) is 1. The minimum absolute atomic E-state index is 0.376. The second-order valence-electron chi connectivity index (χ2n) is 3.41. The quantitative estimate of drug-likeness (QED) is 0.826. The first-order valence-electron chi connectivity index (χ1n) is 5.06. The Hall–Kier alpha value is -1.88. The number of aromatic nitrogens is 3. The summed E-state index contributed by atoms with van der Waals surface area (Å²) in [4.78, 5) is 0. The van der Waals surface area contributed by atoms with E-state index in [0.717, 1.165) is 17.1 Å². The van der Waals surface area contributed by atoms with Crippen LogP contribution in [0, 0.1) is 0 Å². The van der Waals surface area contributed by atoms with Gasteiger partial charge in [0.1, 0.15) is 23.7 Å². The van der Waals surface area contributed by atoms with Gasteiger partial charge in [0.25, 0.3) is 0 Å². The lowest BCUT2D eigenvalue weighted by molar-refractivity contribution is 0.293. The Kier molecular flexibility index (Phi) is 3.16. The smallest absolute Gasteiger partial charge is 0.132 e. The Balaban J connectivity index is 2.07. The van der Waals surface area contributed by atoms with Crippen molar-refractivity contribution in [3.05, 3.63) is 41.7 Å². The fourth-order valence-electron chi connectivity index (χ4n) is 1.42. The average molecular weight is 218 g/mol. The van der Waals surface area contributed by atoms with E-state index in [-0.39, 0.29) is 0 Å². The molecular weight excluding hydrogens is 204 g/mol. The lowest BCUT2D eigenvalue weighted by atomic mass is 10.3. The summed E-state index contributed by atoms with van der Waals surface area (Å²) in [6.45, 7) is 0.807. The lowest BCUT2D eigenvalue weighted by Gasteiger charge is -2.06. The molecule has 0 bridgehead atoms. The second kappa shape index (κ2) is 4.76. The van der Waals surface area contributed by atoms with E-state index in [1.165, 1.54) is 0 Å². The maximum absolute atomic E-state index is 5.62. The van der Waals surface area contributed by atoms with Crippen LogP contribution in [0.3, 0.4) is 0 Å². The van der Waals surface area contributed by atoms with Crippen LogP contribution in [-0.2, 0) is 20.2 Å². The number of hydrogen-bond acceptors (Lipinski definition) is 4. The zero-order valence-corrected chi connectivity index (χ0v) is 9.13. The van der Waals surface area contributed by atoms with E-state index in [1.54, 1.807) is 4.68 Å². The van der Waals surface area contributed by atoms with Crippen molar-refractivity contribution in [1.29, 1.82) is 0 Å². The third-order valence-corrected chi connectivity index (χ3v) is 2.34. The maximum atomic E-state index is 5.62. The van der Waals surface area contributed by atoms with Gasteiger partial charge in [0.05, 0.1) is 0 Å². The van der Waals surface area contributed by atoms with Crippen molar-refractivity contribution >= 4 is 0 Å². The summed E-state index contributed by atoms with van der Waals surface area (Å²) >= 11 is 0. The van der Waals surface area contributed by atoms with E-state index in [4.69, 9.17) is 10.5 Å². The zero-order chi connectivity index (χ0) is 11.4. The highest BCUT2D eigenvalue weighted by Gasteiger charge is 2.09. The summed E-state index contributed by atoms with van der Waals surface area (Å²) in [5, 5.41) is 7.86. The first kappa shape index (κ1) is 10.6. The Morgan fingerprint density at radius 3 is 2.75 bits per heavy atom. The standard InChI is InChI=1S/C11H14N4O/c1-15-11(10(7-12)13-14-15)8-16-9-5-3-2-4-6-9/h2-6H,7-8,12H2,1H3. The molecule has 5 nitrogen and oxygen atoms in total. The molecule has 16 heavy (non-hydrogen) atoms. The van der Waals surface area contributed by atoms with Gasteiger partial charge in [-0.05, 0) is 12.1 Å². The van der Waals surface area contributed by atoms with Gasteiger partial charge in [-0.25, -0.2) is 4.68 Å². The summed E-state index contributed by atoms with van der Waals surface area (Å²) in [5.74, 6) is 0.826. The normalized spacial score (nSPS) is 10.4. The fourth-order valence-corrected chi connectivity index (χ4v) is 1.42. The van der Waals surface area contributed by atoms with Crippen molar-refractivity contribution in [3.8, 4) is 5.75 Å². The lowest BCUT2D eigenvalue weighted by Crippen LogP contribution is -2.08. The van der Waals surface area contributed by atoms with Crippen LogP contribution >= 0.6 is 0 Å². The van der Waals surface area contributed by atoms with E-state index in [0.29, 0.717) is 13.2 Å². The molecule has 2 N–H and O–H groups in total. The van der Waals surface area contributed by atoms with Crippen molar-refractivity contribution in [2.75, 3.05) is 0 Å². The summed E-state index contributed by atoms with van der Waals surface area (Å²) < 4.78 is 7.30. The first-order valence-corrected chi connectivity index (χ1v) is 5.06. The Bertz CT molecular complexity index is 452. The summed E-state index contributed by atoms with van der Waals surface area (Å²) in [6, 6.07) is 9.63. The summed E-state index contributed by atoms with van der Waals surface area (Å²) in [7, 11) is 1.83. The molecule has 1 aromatic carbocycles. The molecule has 0 spiro atoms. The van der Waals surface area contributed by atoms with Gasteiger partial charge < -0.3 is 10.5 Å². The molecule has 2 aromatic rings. The summed E-state index contributed by atoms with van der Waals surface area (Å²) in [6.07, 6.45) is 0. The van der Waals surface area contributed by atoms with Gasteiger partial charge in [-0.15, -0.1) is 5.10 Å². The van der Waals surface area contributed by atoms with E-state index >= 15 is 0 Å². The van der Waals surface area contributed by atoms with Crippen molar-refractivity contribution in [2.45, 2.75) is 13.2 Å². The molecule has 0 fully saturated rings. The molecule has 0 aliphatic rings. The highest BCUT2D eigenvalue weighted by atomic mass is 16.5. The molecule has 5 heteroatoms. The van der Waals surface area contributed by atoms with Crippen molar-refractivity contribution in [1.82, 2.24) is 15.0 Å². The highest BCUT2D eigenvalue weighted by Crippen LogP contribution is 2.12. The molecule has 0 saturated carbocycles. The van der Waals surface area contributed by atoms with Crippen LogP contribution < -0.4 is 10.5 Å². The van der Waals surface area contributed by atoms with Crippen molar-refractivity contribution < 1.29 is 4.74 Å². The Morgan fingerprint density at radius 1 is 1.31 bits per heavy atom. The van der Waals surface area contributed by atoms with Crippen LogP contribution in [0.4, 0.5) is 0 Å². The molecule has 0 atom stereocenters. The van der Waals surface area contributed by atoms with E-state index in [2.05, 4.69) is 10.3 Å². The van der Waals surface area contributed by atoms with Gasteiger partial charge in [0.2, 0.25) is 0 Å². The first-order chi connectivity index (χ1) is 7.81. The van der Waals surface area contributed by atoms with Gasteiger partial charge in [0, 0.05) is 13.6 Å². The van der Waals surface area contributed by atoms with Gasteiger partial charge in [-0.1, -0.05) is 23.4 Å². The number of rotatable bonds is 4. The number of nitrogens with two attached hydrogens (primary N) is 1. The van der Waals surface area contributed by atoms with Crippen molar-refractivity contribution in [3.63, 3.8) is 0 Å². The minimum atomic E-state index is 0.376. The van der Waals surface area contributed by atoms with Gasteiger partial charge >= 0.3 is 0 Å². The molecule has 0 radical (unpaired) electrons. The van der Waals surface area contributed by atoms with E-state index in [9.17, 15) is 0 Å². The van der Waals surface area contributed by atoms with Gasteiger partial charge in [-0.2, -0.15) is 0 Å². The fraction of sp³-hybridized carbons (Fsp3) is 0.273. The van der Waals surface area contributed by atoms with Crippen LogP contribution in [0.1, 0.15) is 11.4 Å². The molecule has 2 rings (SSSR count). The number of benzene rings is 1. The molecule has 0 aliphatic heterocycles. The molecule has 0 unspecified atom stereocenters. The van der Waals surface area contributed by atoms with Crippen LogP contribution in [0.25, 0.3) is 0 Å². The summed E-state index contributed by atoms with van der Waals surface area (Å²) in [5.41, 5.74) is 7.25. The van der Waals surface area contributed by atoms with Crippen LogP contribution in [-0.4, -0.2) is 15.0 Å². The number of aryl methyl sites for hydroxylation is 1. The number of ether oxygens (including phenoxy) is 1. The maximum Gasteiger partial charge on any atom is 0.132 e. The third-order valence-electron chi connectivity index (χ3n) is 2.34. The second-order valence-corrected chi connectivity index (χ2v) is 3.41. The van der Waals surface area contributed by atoms with E-state index < -0.39 is 0 Å². The van der Waals surface area contributed by atoms with E-state index in [1.807, 2.05) is 37.4 Å². The molecule has 0 saturated heterocycles. The van der Waals surface area contributed by atoms with Gasteiger partial charge in [0.15, 0.2) is 0 Å². The Labute approximate surface area is 93.8 Å². The molecule has 1 aromatic heterocycles. The SMILES string of the molecule is Cn1nnc(CN)c1COc1ccccc1. The molecule has 84 valence electrons. The van der Waals surface area contributed by atoms with Gasteiger partial charge in [-0.3, -0.25) is 0 Å². The van der Waals surface area contributed by atoms with Crippen LogP contribution in [0.5, 0.6) is 5.75 Å². The number of nitrogens with zero attached hydrogens (tertiary/aromatic N) is 3. The van der Waals surface area contributed by atoms with Crippen LogP contribution in [0.2, 0.25) is 0 Å². The molecule has 0 aliphatic carbocycles. The highest BCUT2D eigenvalue weighted by molar-refractivity contribution is 5.21. The predicted molar refractivity (Wildman–Crippen MR) is 59.7 cm³/mol. The molecular formula is C11H14N4O. The molecule has 1 heterocycles. The topological polar surface area (TPSA) is 66.0 Å². The van der Waals surface area contributed by atoms with Crippen LogP contribution in [0.15, 0.2) is 30.3 Å².